The minimum Gasteiger partial charge on any atom is -0.454 e. The number of fused-ring (bicyclic) bond motifs is 1. The molecule has 1 aliphatic rings. The number of aryl methyl sites for hydroxylation is 1. The molecule has 0 fully saturated rings. The lowest BCUT2D eigenvalue weighted by atomic mass is 10.0. The number of hydrogen-bond acceptors (Lipinski definition) is 5. The normalized spacial score (nSPS) is 14.4. The minimum absolute atomic E-state index is 0.211. The maximum Gasteiger partial charge on any atom is 0.231 e. The summed E-state index contributed by atoms with van der Waals surface area (Å²) in [7, 11) is 0. The van der Waals surface area contributed by atoms with Crippen LogP contribution in [0.3, 0.4) is 0 Å². The van der Waals surface area contributed by atoms with Crippen LogP contribution in [-0.4, -0.2) is 16.9 Å². The zero-order valence-electron chi connectivity index (χ0n) is 10.5. The first-order chi connectivity index (χ1) is 9.15. The van der Waals surface area contributed by atoms with E-state index in [-0.39, 0.29) is 6.79 Å². The zero-order valence-corrected chi connectivity index (χ0v) is 10.5. The van der Waals surface area contributed by atoms with Crippen molar-refractivity contribution in [1.82, 2.24) is 4.98 Å². The average molecular weight is 258 g/mol. The van der Waals surface area contributed by atoms with Gasteiger partial charge in [0.2, 0.25) is 6.79 Å². The molecule has 0 bridgehead atoms. The summed E-state index contributed by atoms with van der Waals surface area (Å²) < 4.78 is 10.5. The van der Waals surface area contributed by atoms with Gasteiger partial charge in [-0.3, -0.25) is 0 Å². The van der Waals surface area contributed by atoms with Gasteiger partial charge in [0.1, 0.15) is 11.9 Å². The highest BCUT2D eigenvalue weighted by Gasteiger charge is 2.19. The van der Waals surface area contributed by atoms with Gasteiger partial charge >= 0.3 is 0 Å². The summed E-state index contributed by atoms with van der Waals surface area (Å²) in [4.78, 5) is 4.06. The van der Waals surface area contributed by atoms with Gasteiger partial charge in [-0.05, 0) is 36.2 Å². The molecule has 1 atom stereocenters. The molecule has 0 aliphatic carbocycles. The van der Waals surface area contributed by atoms with Crippen LogP contribution in [0.5, 0.6) is 11.5 Å². The standard InChI is InChI=1S/C14H14N2O3/c1-8-4-10(14(15)16-6-8)13(17)9-2-3-11-12(5-9)19-7-18-11/h2-6,13,17H,7H2,1H3,(H2,15,16). The predicted molar refractivity (Wildman–Crippen MR) is 70.0 cm³/mol. The predicted octanol–water partition coefficient (Wildman–Crippen LogP) is 1.78. The van der Waals surface area contributed by atoms with Crippen molar-refractivity contribution in [1.29, 1.82) is 0 Å². The van der Waals surface area contributed by atoms with Gasteiger partial charge in [-0.25, -0.2) is 4.98 Å². The average Bonchev–Trinajstić information content (AvgIpc) is 2.88. The lowest BCUT2D eigenvalue weighted by molar-refractivity contribution is 0.173. The molecule has 0 saturated heterocycles. The summed E-state index contributed by atoms with van der Waals surface area (Å²) in [5, 5.41) is 10.4. The Kier molecular flexibility index (Phi) is 2.76. The number of aliphatic hydroxyl groups excluding tert-OH is 1. The number of nitrogens with zero attached hydrogens (tertiary/aromatic N) is 1. The minimum atomic E-state index is -0.832. The van der Waals surface area contributed by atoms with E-state index in [1.165, 1.54) is 0 Å². The zero-order chi connectivity index (χ0) is 13.4. The van der Waals surface area contributed by atoms with E-state index in [0.717, 1.165) is 5.56 Å². The number of ether oxygens (including phenoxy) is 2. The van der Waals surface area contributed by atoms with Crippen molar-refractivity contribution < 1.29 is 14.6 Å². The second-order valence-electron chi connectivity index (χ2n) is 4.50. The molecule has 3 rings (SSSR count). The van der Waals surface area contributed by atoms with Gasteiger partial charge in [0, 0.05) is 11.8 Å². The number of aromatic nitrogens is 1. The first-order valence-corrected chi connectivity index (χ1v) is 5.95. The Morgan fingerprint density at radius 3 is 2.89 bits per heavy atom. The lowest BCUT2D eigenvalue weighted by Gasteiger charge is -2.14. The van der Waals surface area contributed by atoms with Crippen LogP contribution in [0, 0.1) is 6.92 Å². The summed E-state index contributed by atoms with van der Waals surface area (Å²) in [6, 6.07) is 7.16. The third-order valence-electron chi connectivity index (χ3n) is 3.09. The molecule has 0 saturated carbocycles. The van der Waals surface area contributed by atoms with Gasteiger partial charge in [-0.1, -0.05) is 6.07 Å². The Bertz CT molecular complexity index is 628. The van der Waals surface area contributed by atoms with Crippen LogP contribution in [-0.2, 0) is 0 Å². The molecule has 19 heavy (non-hydrogen) atoms. The van der Waals surface area contributed by atoms with Crippen LogP contribution >= 0.6 is 0 Å². The van der Waals surface area contributed by atoms with E-state index in [1.54, 1.807) is 24.4 Å². The van der Waals surface area contributed by atoms with Crippen LogP contribution < -0.4 is 15.2 Å². The molecule has 5 heteroatoms. The molecule has 5 nitrogen and oxygen atoms in total. The quantitative estimate of drug-likeness (QED) is 0.858. The van der Waals surface area contributed by atoms with Gasteiger partial charge in [-0.2, -0.15) is 0 Å². The third-order valence-corrected chi connectivity index (χ3v) is 3.09. The van der Waals surface area contributed by atoms with Crippen molar-refractivity contribution in [3.8, 4) is 11.5 Å². The Labute approximate surface area is 110 Å². The SMILES string of the molecule is Cc1cnc(N)c(C(O)c2ccc3c(c2)OCO3)c1. The molecule has 1 aromatic carbocycles. The van der Waals surface area contributed by atoms with Crippen LogP contribution in [0.1, 0.15) is 22.8 Å². The highest BCUT2D eigenvalue weighted by molar-refractivity contribution is 5.50. The molecule has 3 N–H and O–H groups in total. The van der Waals surface area contributed by atoms with Crippen molar-refractivity contribution in [2.24, 2.45) is 0 Å². The molecule has 0 radical (unpaired) electrons. The van der Waals surface area contributed by atoms with E-state index in [9.17, 15) is 5.11 Å². The number of hydrogen-bond donors (Lipinski definition) is 2. The van der Waals surface area contributed by atoms with Crippen molar-refractivity contribution in [3.63, 3.8) is 0 Å². The second kappa shape index (κ2) is 4.44. The van der Waals surface area contributed by atoms with Crippen LogP contribution in [0.25, 0.3) is 0 Å². The van der Waals surface area contributed by atoms with Gasteiger partial charge in [0.25, 0.3) is 0 Å². The summed E-state index contributed by atoms with van der Waals surface area (Å²) in [5.41, 5.74) is 8.06. The van der Waals surface area contributed by atoms with Crippen LogP contribution in [0.15, 0.2) is 30.5 Å². The number of anilines is 1. The Morgan fingerprint density at radius 2 is 2.05 bits per heavy atom. The maximum atomic E-state index is 10.4. The van der Waals surface area contributed by atoms with Crippen LogP contribution in [0.4, 0.5) is 5.82 Å². The van der Waals surface area contributed by atoms with E-state index in [1.807, 2.05) is 13.0 Å². The number of nitrogens with two attached hydrogens (primary N) is 1. The van der Waals surface area contributed by atoms with E-state index in [0.29, 0.717) is 28.4 Å². The van der Waals surface area contributed by atoms with Gasteiger partial charge in [0.05, 0.1) is 0 Å². The summed E-state index contributed by atoms with van der Waals surface area (Å²) in [6.45, 7) is 2.12. The monoisotopic (exact) mass is 258 g/mol. The maximum absolute atomic E-state index is 10.4. The second-order valence-corrected chi connectivity index (χ2v) is 4.50. The Balaban J connectivity index is 1.99. The van der Waals surface area contributed by atoms with E-state index < -0.39 is 6.10 Å². The highest BCUT2D eigenvalue weighted by Crippen LogP contribution is 2.36. The molecule has 0 amide bonds. The fraction of sp³-hybridized carbons (Fsp3) is 0.214. The fourth-order valence-electron chi connectivity index (χ4n) is 2.08. The Morgan fingerprint density at radius 1 is 1.26 bits per heavy atom. The fourth-order valence-corrected chi connectivity index (χ4v) is 2.08. The van der Waals surface area contributed by atoms with E-state index in [2.05, 4.69) is 4.98 Å². The summed E-state index contributed by atoms with van der Waals surface area (Å²) in [5.74, 6) is 1.65. The summed E-state index contributed by atoms with van der Waals surface area (Å²) in [6.07, 6.45) is 0.840. The van der Waals surface area contributed by atoms with Crippen molar-refractivity contribution >= 4 is 5.82 Å². The number of rotatable bonds is 2. The molecule has 2 aromatic rings. The topological polar surface area (TPSA) is 77.6 Å². The molecular formula is C14H14N2O3. The largest absolute Gasteiger partial charge is 0.454 e. The molecule has 1 aliphatic heterocycles. The number of benzene rings is 1. The molecule has 1 unspecified atom stereocenters. The number of aliphatic hydroxyl groups is 1. The van der Waals surface area contributed by atoms with Crippen molar-refractivity contribution in [2.75, 3.05) is 12.5 Å². The van der Waals surface area contributed by atoms with Gasteiger partial charge < -0.3 is 20.3 Å². The first kappa shape index (κ1) is 11.8. The van der Waals surface area contributed by atoms with Gasteiger partial charge in [0.15, 0.2) is 11.5 Å². The molecule has 98 valence electrons. The molecule has 1 aromatic heterocycles. The van der Waals surface area contributed by atoms with E-state index >= 15 is 0 Å². The van der Waals surface area contributed by atoms with Crippen molar-refractivity contribution in [2.45, 2.75) is 13.0 Å². The first-order valence-electron chi connectivity index (χ1n) is 5.95. The lowest BCUT2D eigenvalue weighted by Crippen LogP contribution is -2.06. The molecule has 0 spiro atoms. The third kappa shape index (κ3) is 2.08. The smallest absolute Gasteiger partial charge is 0.231 e. The Hall–Kier alpha value is -2.27. The van der Waals surface area contributed by atoms with Crippen molar-refractivity contribution in [3.05, 3.63) is 47.2 Å². The number of nitrogen functional groups attached to an aromatic ring is 1. The highest BCUT2D eigenvalue weighted by atomic mass is 16.7. The molecular weight excluding hydrogens is 244 g/mol. The summed E-state index contributed by atoms with van der Waals surface area (Å²) >= 11 is 0. The molecule has 2 heterocycles. The number of pyridine rings is 1. The van der Waals surface area contributed by atoms with Gasteiger partial charge in [-0.15, -0.1) is 0 Å². The van der Waals surface area contributed by atoms with E-state index in [4.69, 9.17) is 15.2 Å². The van der Waals surface area contributed by atoms with Crippen LogP contribution in [0.2, 0.25) is 0 Å².